The van der Waals surface area contributed by atoms with Crippen LogP contribution in [0, 0.1) is 0 Å². The molecule has 9 aromatic rings. The normalized spacial score (nSPS) is 11.6. The quantitative estimate of drug-likeness (QED) is 0.191. The van der Waals surface area contributed by atoms with Crippen LogP contribution in [0.4, 0.5) is 0 Å². The second-order valence-electron chi connectivity index (χ2n) is 11.2. The first-order valence-corrected chi connectivity index (χ1v) is 15.9. The highest BCUT2D eigenvalue weighted by Gasteiger charge is 2.17. The summed E-state index contributed by atoms with van der Waals surface area (Å²) in [6, 6.07) is 53.2. The molecule has 0 aliphatic rings. The highest BCUT2D eigenvalue weighted by molar-refractivity contribution is 7.26. The zero-order valence-electron chi connectivity index (χ0n) is 24.2. The van der Waals surface area contributed by atoms with E-state index in [2.05, 4.69) is 127 Å². The SMILES string of the molecule is c1ccc(-c2cccc(-c3nc(-c4ccccc4)nc(-c4cccc5c4ccc4ccc6c7ccccc7sc6c45)n3)c2)cc1. The lowest BCUT2D eigenvalue weighted by Crippen LogP contribution is -2.00. The molecule has 0 saturated carbocycles. The van der Waals surface area contributed by atoms with Gasteiger partial charge in [0.2, 0.25) is 0 Å². The summed E-state index contributed by atoms with van der Waals surface area (Å²) >= 11 is 1.87. The van der Waals surface area contributed by atoms with Crippen LogP contribution in [0.3, 0.4) is 0 Å². The topological polar surface area (TPSA) is 38.7 Å². The van der Waals surface area contributed by atoms with Crippen molar-refractivity contribution in [3.05, 3.63) is 152 Å². The van der Waals surface area contributed by atoms with Crippen LogP contribution in [-0.4, -0.2) is 15.0 Å². The molecule has 7 aromatic carbocycles. The van der Waals surface area contributed by atoms with Crippen LogP contribution in [-0.2, 0) is 0 Å². The van der Waals surface area contributed by atoms with Crippen molar-refractivity contribution in [2.45, 2.75) is 0 Å². The van der Waals surface area contributed by atoms with Crippen molar-refractivity contribution in [3.63, 3.8) is 0 Å². The second-order valence-corrected chi connectivity index (χ2v) is 12.3. The number of hydrogen-bond acceptors (Lipinski definition) is 4. The van der Waals surface area contributed by atoms with E-state index in [0.717, 1.165) is 33.2 Å². The molecule has 0 amide bonds. The molecule has 0 atom stereocenters. The van der Waals surface area contributed by atoms with Gasteiger partial charge in [-0.2, -0.15) is 0 Å². The Bertz CT molecular complexity index is 2540. The number of nitrogens with zero attached hydrogens (tertiary/aromatic N) is 3. The lowest BCUT2D eigenvalue weighted by molar-refractivity contribution is 1.08. The molecule has 2 aromatic heterocycles. The average Bonchev–Trinajstić information content (AvgIpc) is 3.51. The minimum Gasteiger partial charge on any atom is -0.208 e. The Balaban J connectivity index is 1.29. The van der Waals surface area contributed by atoms with Crippen LogP contribution >= 0.6 is 11.3 Å². The van der Waals surface area contributed by atoms with E-state index >= 15 is 0 Å². The van der Waals surface area contributed by atoms with E-state index in [-0.39, 0.29) is 0 Å². The second kappa shape index (κ2) is 10.5. The Morgan fingerprint density at radius 1 is 0.378 bits per heavy atom. The van der Waals surface area contributed by atoms with E-state index < -0.39 is 0 Å². The summed E-state index contributed by atoms with van der Waals surface area (Å²) in [6.45, 7) is 0. The van der Waals surface area contributed by atoms with Gasteiger partial charge in [-0.25, -0.2) is 15.0 Å². The third-order valence-electron chi connectivity index (χ3n) is 8.52. The summed E-state index contributed by atoms with van der Waals surface area (Å²) in [5.41, 5.74) is 5.19. The van der Waals surface area contributed by atoms with Gasteiger partial charge in [0.05, 0.1) is 0 Å². The summed E-state index contributed by atoms with van der Waals surface area (Å²) in [4.78, 5) is 15.2. The number of benzene rings is 7. The van der Waals surface area contributed by atoms with Crippen molar-refractivity contribution in [3.8, 4) is 45.3 Å². The molecule has 0 saturated heterocycles. The molecule has 45 heavy (non-hydrogen) atoms. The maximum atomic E-state index is 5.14. The maximum absolute atomic E-state index is 5.14. The minimum absolute atomic E-state index is 0.654. The van der Waals surface area contributed by atoms with Crippen molar-refractivity contribution in [1.82, 2.24) is 15.0 Å². The number of rotatable bonds is 4. The van der Waals surface area contributed by atoms with Gasteiger partial charge in [-0.1, -0.05) is 140 Å². The predicted molar refractivity (Wildman–Crippen MR) is 189 cm³/mol. The Morgan fingerprint density at radius 2 is 0.978 bits per heavy atom. The van der Waals surface area contributed by atoms with Gasteiger partial charge in [0, 0.05) is 42.2 Å². The number of aromatic nitrogens is 3. The molecule has 0 spiro atoms. The maximum Gasteiger partial charge on any atom is 0.164 e. The van der Waals surface area contributed by atoms with Gasteiger partial charge in [-0.15, -0.1) is 11.3 Å². The summed E-state index contributed by atoms with van der Waals surface area (Å²) in [7, 11) is 0. The van der Waals surface area contributed by atoms with Crippen molar-refractivity contribution >= 4 is 53.1 Å². The van der Waals surface area contributed by atoms with E-state index in [0.29, 0.717) is 17.5 Å². The van der Waals surface area contributed by atoms with E-state index in [1.54, 1.807) is 0 Å². The molecule has 0 aliphatic carbocycles. The summed E-state index contributed by atoms with van der Waals surface area (Å²) in [6.07, 6.45) is 0. The van der Waals surface area contributed by atoms with Gasteiger partial charge in [-0.3, -0.25) is 0 Å². The van der Waals surface area contributed by atoms with Crippen LogP contribution in [0.5, 0.6) is 0 Å². The van der Waals surface area contributed by atoms with Crippen LogP contribution in [0.2, 0.25) is 0 Å². The third kappa shape index (κ3) is 4.38. The summed E-state index contributed by atoms with van der Waals surface area (Å²) in [5, 5.41) is 7.45. The molecule has 0 N–H and O–H groups in total. The number of fused-ring (bicyclic) bond motifs is 7. The van der Waals surface area contributed by atoms with Crippen molar-refractivity contribution in [2.24, 2.45) is 0 Å². The van der Waals surface area contributed by atoms with Gasteiger partial charge in [0.15, 0.2) is 17.5 Å². The zero-order chi connectivity index (χ0) is 29.7. The van der Waals surface area contributed by atoms with E-state index in [9.17, 15) is 0 Å². The van der Waals surface area contributed by atoms with Crippen LogP contribution in [0.25, 0.3) is 87.0 Å². The van der Waals surface area contributed by atoms with Crippen LogP contribution in [0.1, 0.15) is 0 Å². The Kier molecular flexibility index (Phi) is 6.00. The standard InChI is InChI=1S/C41H25N3S/c1-3-11-26(12-4-1)29-15-9-16-30(25-29)40-42-39(28-13-5-2-6-14-28)43-41(44-40)35-19-10-18-33-31(35)23-21-27-22-24-34-32-17-7-8-20-36(32)45-38(34)37(27)33/h1-25H. The molecular formula is C41H25N3S. The zero-order valence-corrected chi connectivity index (χ0v) is 25.0. The smallest absolute Gasteiger partial charge is 0.164 e. The fraction of sp³-hybridized carbons (Fsp3) is 0. The number of hydrogen-bond donors (Lipinski definition) is 0. The lowest BCUT2D eigenvalue weighted by atomic mass is 9.96. The van der Waals surface area contributed by atoms with Crippen molar-refractivity contribution in [2.75, 3.05) is 0 Å². The summed E-state index contributed by atoms with van der Waals surface area (Å²) < 4.78 is 2.62. The highest BCUT2D eigenvalue weighted by Crippen LogP contribution is 2.42. The molecule has 4 heteroatoms. The Labute approximate surface area is 264 Å². The van der Waals surface area contributed by atoms with E-state index in [4.69, 9.17) is 15.0 Å². The molecule has 3 nitrogen and oxygen atoms in total. The van der Waals surface area contributed by atoms with Gasteiger partial charge >= 0.3 is 0 Å². The minimum atomic E-state index is 0.654. The third-order valence-corrected chi connectivity index (χ3v) is 9.72. The summed E-state index contributed by atoms with van der Waals surface area (Å²) in [5.74, 6) is 1.98. The van der Waals surface area contributed by atoms with Crippen LogP contribution in [0.15, 0.2) is 152 Å². The highest BCUT2D eigenvalue weighted by atomic mass is 32.1. The molecular weight excluding hydrogens is 567 g/mol. The Morgan fingerprint density at radius 3 is 1.80 bits per heavy atom. The fourth-order valence-corrected chi connectivity index (χ4v) is 7.63. The molecule has 0 fully saturated rings. The first-order valence-electron chi connectivity index (χ1n) is 15.0. The van der Waals surface area contributed by atoms with Crippen molar-refractivity contribution < 1.29 is 0 Å². The Hall–Kier alpha value is -5.71. The van der Waals surface area contributed by atoms with E-state index in [1.165, 1.54) is 36.3 Å². The molecule has 9 rings (SSSR count). The van der Waals surface area contributed by atoms with Gasteiger partial charge in [-0.05, 0) is 39.4 Å². The monoisotopic (exact) mass is 591 g/mol. The largest absolute Gasteiger partial charge is 0.208 e. The van der Waals surface area contributed by atoms with Gasteiger partial charge < -0.3 is 0 Å². The molecule has 0 radical (unpaired) electrons. The average molecular weight is 592 g/mol. The lowest BCUT2D eigenvalue weighted by Gasteiger charge is -2.12. The fourth-order valence-electron chi connectivity index (χ4n) is 6.36. The molecule has 210 valence electrons. The van der Waals surface area contributed by atoms with Gasteiger partial charge in [0.1, 0.15) is 0 Å². The molecule has 2 heterocycles. The van der Waals surface area contributed by atoms with Crippen molar-refractivity contribution in [1.29, 1.82) is 0 Å². The molecule has 0 aliphatic heterocycles. The first-order chi connectivity index (χ1) is 22.3. The molecule has 0 bridgehead atoms. The first kappa shape index (κ1) is 25.8. The van der Waals surface area contributed by atoms with Crippen LogP contribution < -0.4 is 0 Å². The predicted octanol–water partition coefficient (Wildman–Crippen LogP) is 11.2. The number of thiophene rings is 1. The van der Waals surface area contributed by atoms with Gasteiger partial charge in [0.25, 0.3) is 0 Å². The van der Waals surface area contributed by atoms with E-state index in [1.807, 2.05) is 35.6 Å². The molecule has 0 unspecified atom stereocenters.